The summed E-state index contributed by atoms with van der Waals surface area (Å²) < 4.78 is 5.44. The third-order valence-corrected chi connectivity index (χ3v) is 12.9. The molecule has 5 nitrogen and oxygen atoms in total. The lowest BCUT2D eigenvalue weighted by atomic mass is 9.46. The molecule has 0 amide bonds. The molecule has 0 aromatic carbocycles. The SMILES string of the molecule is CCCCCCCCCCCCCCCCCC(=O)OCC(=O)[C@]1(O)CC[C@@H]2[C@H]3CCC4=CC(=O)CC[C@]4(C)[C@@H]3CC[C@]21C. The van der Waals surface area contributed by atoms with Crippen molar-refractivity contribution in [2.24, 2.45) is 28.6 Å². The highest BCUT2D eigenvalue weighted by molar-refractivity contribution is 5.92. The maximum atomic E-state index is 13.5. The minimum Gasteiger partial charge on any atom is -0.458 e. The van der Waals surface area contributed by atoms with Gasteiger partial charge in [0.05, 0.1) is 0 Å². The number of carbonyl (C=O) groups is 3. The smallest absolute Gasteiger partial charge is 0.306 e. The standard InChI is InChI=1S/C39H64O5/c1-4-5-6-7-8-9-10-11-12-13-14-15-16-17-18-19-36(42)44-29-35(41)39(43)27-24-34-32-21-20-30-28-31(40)22-25-37(30,2)33(32)23-26-38(34,39)3/h28,32-34,43H,4-27,29H2,1-3H3/t32-,33+,34+,37-,38+,39+/m0/s1. The van der Waals surface area contributed by atoms with Gasteiger partial charge < -0.3 is 9.84 Å². The summed E-state index contributed by atoms with van der Waals surface area (Å²) in [4.78, 5) is 38.0. The topological polar surface area (TPSA) is 80.7 Å². The zero-order valence-electron chi connectivity index (χ0n) is 28.6. The van der Waals surface area contributed by atoms with Crippen molar-refractivity contribution in [2.45, 2.75) is 180 Å². The number of hydrogen-bond donors (Lipinski definition) is 1. The average molecular weight is 613 g/mol. The Morgan fingerprint density at radius 2 is 1.34 bits per heavy atom. The fraction of sp³-hybridized carbons (Fsp3) is 0.872. The van der Waals surface area contributed by atoms with E-state index in [4.69, 9.17) is 4.74 Å². The van der Waals surface area contributed by atoms with Crippen LogP contribution in [0.3, 0.4) is 0 Å². The number of aliphatic hydroxyl groups is 1. The highest BCUT2D eigenvalue weighted by Gasteiger charge is 2.66. The second-order valence-electron chi connectivity index (χ2n) is 15.6. The quantitative estimate of drug-likeness (QED) is 0.116. The molecule has 0 spiro atoms. The molecular formula is C39H64O5. The van der Waals surface area contributed by atoms with Crippen molar-refractivity contribution in [3.8, 4) is 0 Å². The van der Waals surface area contributed by atoms with Gasteiger partial charge in [0.1, 0.15) is 5.60 Å². The van der Waals surface area contributed by atoms with Crippen LogP contribution in [0, 0.1) is 28.6 Å². The summed E-state index contributed by atoms with van der Waals surface area (Å²) in [5.74, 6) is 0.925. The Morgan fingerprint density at radius 1 is 0.773 bits per heavy atom. The Morgan fingerprint density at radius 3 is 1.95 bits per heavy atom. The molecule has 0 heterocycles. The van der Waals surface area contributed by atoms with Crippen LogP contribution >= 0.6 is 0 Å². The first-order valence-electron chi connectivity index (χ1n) is 18.8. The van der Waals surface area contributed by atoms with Gasteiger partial charge in [-0.1, -0.05) is 116 Å². The summed E-state index contributed by atoms with van der Waals surface area (Å²) in [5.41, 5.74) is -0.486. The van der Waals surface area contributed by atoms with Crippen LogP contribution in [-0.4, -0.2) is 34.9 Å². The Hall–Kier alpha value is -1.49. The highest BCUT2D eigenvalue weighted by atomic mass is 16.5. The van der Waals surface area contributed by atoms with Gasteiger partial charge in [0, 0.05) is 18.3 Å². The van der Waals surface area contributed by atoms with Crippen LogP contribution in [0.15, 0.2) is 11.6 Å². The third kappa shape index (κ3) is 8.07. The molecule has 4 rings (SSSR count). The lowest BCUT2D eigenvalue weighted by molar-refractivity contribution is -0.170. The second-order valence-corrected chi connectivity index (χ2v) is 15.6. The van der Waals surface area contributed by atoms with Gasteiger partial charge in [-0.25, -0.2) is 0 Å². The number of allylic oxidation sites excluding steroid dienone is 1. The predicted molar refractivity (Wildman–Crippen MR) is 177 cm³/mol. The Balaban J connectivity index is 1.10. The van der Waals surface area contributed by atoms with Gasteiger partial charge in [-0.2, -0.15) is 0 Å². The molecule has 0 saturated heterocycles. The summed E-state index contributed by atoms with van der Waals surface area (Å²) in [7, 11) is 0. The molecule has 4 aliphatic rings. The molecular weight excluding hydrogens is 548 g/mol. The summed E-state index contributed by atoms with van der Waals surface area (Å²) in [5, 5.41) is 11.9. The molecule has 0 radical (unpaired) electrons. The van der Waals surface area contributed by atoms with Crippen molar-refractivity contribution in [1.29, 1.82) is 0 Å². The average Bonchev–Trinajstić information content (AvgIpc) is 3.29. The largest absolute Gasteiger partial charge is 0.458 e. The Bertz CT molecular complexity index is 1000. The third-order valence-electron chi connectivity index (χ3n) is 12.9. The number of rotatable bonds is 19. The number of esters is 1. The summed E-state index contributed by atoms with van der Waals surface area (Å²) in [6.07, 6.45) is 28.2. The molecule has 3 fully saturated rings. The number of fused-ring (bicyclic) bond motifs is 5. The number of Topliss-reactive ketones (excluding diaryl/α,β-unsaturated/α-hetero) is 1. The molecule has 0 aliphatic heterocycles. The second kappa shape index (κ2) is 16.4. The van der Waals surface area contributed by atoms with E-state index in [1.165, 1.54) is 82.6 Å². The van der Waals surface area contributed by atoms with Gasteiger partial charge in [-0.15, -0.1) is 0 Å². The maximum Gasteiger partial charge on any atom is 0.306 e. The van der Waals surface area contributed by atoms with Crippen molar-refractivity contribution in [1.82, 2.24) is 0 Å². The van der Waals surface area contributed by atoms with Crippen LogP contribution < -0.4 is 0 Å². The van der Waals surface area contributed by atoms with Gasteiger partial charge in [0.15, 0.2) is 12.4 Å². The maximum absolute atomic E-state index is 13.5. The Labute approximate surface area is 268 Å². The summed E-state index contributed by atoms with van der Waals surface area (Å²) in [6, 6.07) is 0. The summed E-state index contributed by atoms with van der Waals surface area (Å²) in [6.45, 7) is 6.44. The van der Waals surface area contributed by atoms with Crippen molar-refractivity contribution >= 4 is 17.5 Å². The normalized spacial score (nSPS) is 32.9. The number of ether oxygens (including phenoxy) is 1. The van der Waals surface area contributed by atoms with Gasteiger partial charge >= 0.3 is 5.97 Å². The van der Waals surface area contributed by atoms with Gasteiger partial charge in [-0.05, 0) is 80.6 Å². The van der Waals surface area contributed by atoms with E-state index >= 15 is 0 Å². The van der Waals surface area contributed by atoms with E-state index in [2.05, 4.69) is 20.8 Å². The van der Waals surface area contributed by atoms with Crippen LogP contribution in [0.4, 0.5) is 0 Å². The molecule has 6 atom stereocenters. The first kappa shape index (κ1) is 35.4. The molecule has 3 saturated carbocycles. The van der Waals surface area contributed by atoms with Gasteiger partial charge in [-0.3, -0.25) is 14.4 Å². The molecule has 4 aliphatic carbocycles. The van der Waals surface area contributed by atoms with Crippen molar-refractivity contribution in [3.63, 3.8) is 0 Å². The van der Waals surface area contributed by atoms with E-state index in [0.717, 1.165) is 57.8 Å². The van der Waals surface area contributed by atoms with E-state index in [0.29, 0.717) is 37.0 Å². The fourth-order valence-corrected chi connectivity index (χ4v) is 10.0. The lowest BCUT2D eigenvalue weighted by Gasteiger charge is -2.58. The van der Waals surface area contributed by atoms with E-state index < -0.39 is 11.0 Å². The first-order valence-corrected chi connectivity index (χ1v) is 18.8. The van der Waals surface area contributed by atoms with Crippen LogP contribution in [0.25, 0.3) is 0 Å². The molecule has 250 valence electrons. The Kier molecular flexibility index (Phi) is 13.2. The molecule has 0 unspecified atom stereocenters. The van der Waals surface area contributed by atoms with Gasteiger partial charge in [0.25, 0.3) is 0 Å². The van der Waals surface area contributed by atoms with Crippen LogP contribution in [0.1, 0.15) is 175 Å². The van der Waals surface area contributed by atoms with Crippen molar-refractivity contribution in [2.75, 3.05) is 6.61 Å². The lowest BCUT2D eigenvalue weighted by Crippen LogP contribution is -2.58. The minimum absolute atomic E-state index is 0.0748. The van der Waals surface area contributed by atoms with Crippen LogP contribution in [-0.2, 0) is 19.1 Å². The number of ketones is 2. The number of carbonyl (C=O) groups excluding carboxylic acids is 3. The first-order chi connectivity index (χ1) is 21.2. The number of hydrogen-bond acceptors (Lipinski definition) is 5. The molecule has 0 bridgehead atoms. The molecule has 44 heavy (non-hydrogen) atoms. The van der Waals surface area contributed by atoms with Crippen molar-refractivity contribution < 1.29 is 24.2 Å². The zero-order valence-corrected chi connectivity index (χ0v) is 28.6. The van der Waals surface area contributed by atoms with Crippen molar-refractivity contribution in [3.05, 3.63) is 11.6 Å². The molecule has 1 N–H and O–H groups in total. The van der Waals surface area contributed by atoms with Crippen LogP contribution in [0.5, 0.6) is 0 Å². The fourth-order valence-electron chi connectivity index (χ4n) is 10.0. The van der Waals surface area contributed by atoms with Crippen LogP contribution in [0.2, 0.25) is 0 Å². The van der Waals surface area contributed by atoms with E-state index in [9.17, 15) is 19.5 Å². The molecule has 0 aromatic heterocycles. The van der Waals surface area contributed by atoms with E-state index in [-0.39, 0.29) is 29.6 Å². The number of unbranched alkanes of at least 4 members (excludes halogenated alkanes) is 14. The summed E-state index contributed by atoms with van der Waals surface area (Å²) >= 11 is 0. The minimum atomic E-state index is -1.42. The van der Waals surface area contributed by atoms with E-state index in [1.54, 1.807) is 0 Å². The van der Waals surface area contributed by atoms with E-state index in [1.807, 2.05) is 6.08 Å². The highest BCUT2D eigenvalue weighted by Crippen LogP contribution is 2.67. The van der Waals surface area contributed by atoms with Gasteiger partial charge in [0.2, 0.25) is 5.78 Å². The zero-order chi connectivity index (χ0) is 31.6. The molecule has 5 heteroatoms. The predicted octanol–water partition coefficient (Wildman–Crippen LogP) is 9.62. The molecule has 0 aromatic rings. The monoisotopic (exact) mass is 612 g/mol.